The van der Waals surface area contributed by atoms with E-state index < -0.39 is 0 Å². The molecule has 3 unspecified atom stereocenters. The van der Waals surface area contributed by atoms with Gasteiger partial charge >= 0.3 is 6.03 Å². The number of carbonyl (C=O) groups excluding carboxylic acids is 1. The van der Waals surface area contributed by atoms with Gasteiger partial charge in [-0.3, -0.25) is 0 Å². The molecule has 5 heteroatoms. The van der Waals surface area contributed by atoms with E-state index in [1.54, 1.807) is 0 Å². The molecule has 0 aromatic heterocycles. The van der Waals surface area contributed by atoms with Gasteiger partial charge in [-0.2, -0.15) is 11.8 Å². The maximum Gasteiger partial charge on any atom is 0.317 e. The highest BCUT2D eigenvalue weighted by atomic mass is 32.2. The summed E-state index contributed by atoms with van der Waals surface area (Å²) in [7, 11) is 0. The molecule has 2 aliphatic rings. The van der Waals surface area contributed by atoms with Gasteiger partial charge in [-0.05, 0) is 6.42 Å². The normalized spacial score (nSPS) is 35.1. The van der Waals surface area contributed by atoms with Gasteiger partial charge in [0.2, 0.25) is 0 Å². The second-order valence-electron chi connectivity index (χ2n) is 4.67. The zero-order valence-electron chi connectivity index (χ0n) is 9.94. The number of thioether (sulfide) groups is 1. The van der Waals surface area contributed by atoms with E-state index >= 15 is 0 Å². The van der Waals surface area contributed by atoms with Crippen LogP contribution in [0.1, 0.15) is 20.3 Å². The SMILES string of the molecule is CC1CN(C(=O)NC2CCOC2)CC(C)S1. The minimum absolute atomic E-state index is 0.0782. The maximum absolute atomic E-state index is 12.0. The Morgan fingerprint density at radius 3 is 2.62 bits per heavy atom. The van der Waals surface area contributed by atoms with Crippen LogP contribution in [0.2, 0.25) is 0 Å². The van der Waals surface area contributed by atoms with Crippen molar-refractivity contribution in [3.8, 4) is 0 Å². The number of nitrogens with one attached hydrogen (secondary N) is 1. The molecule has 0 aromatic rings. The summed E-state index contributed by atoms with van der Waals surface area (Å²) in [5.74, 6) is 0. The van der Waals surface area contributed by atoms with E-state index in [0.717, 1.165) is 26.1 Å². The van der Waals surface area contributed by atoms with Gasteiger partial charge in [0.1, 0.15) is 0 Å². The zero-order valence-corrected chi connectivity index (χ0v) is 10.8. The van der Waals surface area contributed by atoms with Gasteiger partial charge in [-0.15, -0.1) is 0 Å². The number of hydrogen-bond donors (Lipinski definition) is 1. The third kappa shape index (κ3) is 3.04. The largest absolute Gasteiger partial charge is 0.379 e. The smallest absolute Gasteiger partial charge is 0.317 e. The quantitative estimate of drug-likeness (QED) is 0.756. The highest BCUT2D eigenvalue weighted by Gasteiger charge is 2.27. The Morgan fingerprint density at radius 2 is 2.06 bits per heavy atom. The first-order valence-electron chi connectivity index (χ1n) is 5.94. The molecule has 0 spiro atoms. The first kappa shape index (κ1) is 12.0. The number of ether oxygens (including phenoxy) is 1. The molecular weight excluding hydrogens is 224 g/mol. The van der Waals surface area contributed by atoms with Gasteiger partial charge in [-0.1, -0.05) is 13.8 Å². The summed E-state index contributed by atoms with van der Waals surface area (Å²) in [4.78, 5) is 13.9. The van der Waals surface area contributed by atoms with Gasteiger partial charge in [0.25, 0.3) is 0 Å². The zero-order chi connectivity index (χ0) is 11.5. The van der Waals surface area contributed by atoms with Crippen molar-refractivity contribution in [2.45, 2.75) is 36.8 Å². The average molecular weight is 244 g/mol. The van der Waals surface area contributed by atoms with Crippen LogP contribution in [0.15, 0.2) is 0 Å². The Bertz CT molecular complexity index is 246. The molecule has 0 radical (unpaired) electrons. The molecule has 2 aliphatic heterocycles. The van der Waals surface area contributed by atoms with Gasteiger partial charge in [-0.25, -0.2) is 4.79 Å². The number of nitrogens with zero attached hydrogens (tertiary/aromatic N) is 1. The third-order valence-corrected chi connectivity index (χ3v) is 4.19. The van der Waals surface area contributed by atoms with E-state index in [1.807, 2.05) is 16.7 Å². The van der Waals surface area contributed by atoms with Crippen LogP contribution in [0.5, 0.6) is 0 Å². The van der Waals surface area contributed by atoms with Crippen LogP contribution < -0.4 is 5.32 Å². The highest BCUT2D eigenvalue weighted by Crippen LogP contribution is 2.24. The molecule has 16 heavy (non-hydrogen) atoms. The first-order valence-corrected chi connectivity index (χ1v) is 6.88. The Kier molecular flexibility index (Phi) is 3.97. The fourth-order valence-electron chi connectivity index (χ4n) is 2.26. The molecule has 2 saturated heterocycles. The summed E-state index contributed by atoms with van der Waals surface area (Å²) >= 11 is 1.96. The lowest BCUT2D eigenvalue weighted by Gasteiger charge is -2.35. The second-order valence-corrected chi connectivity index (χ2v) is 6.55. The van der Waals surface area contributed by atoms with E-state index in [4.69, 9.17) is 4.74 Å². The number of amides is 2. The lowest BCUT2D eigenvalue weighted by Crippen LogP contribution is -2.51. The van der Waals surface area contributed by atoms with Crippen molar-refractivity contribution in [3.63, 3.8) is 0 Å². The Labute approximate surface area is 101 Å². The molecule has 2 heterocycles. The fourth-order valence-corrected chi connectivity index (χ4v) is 3.58. The summed E-state index contributed by atoms with van der Waals surface area (Å²) < 4.78 is 5.25. The summed E-state index contributed by atoms with van der Waals surface area (Å²) in [6.07, 6.45) is 0.944. The lowest BCUT2D eigenvalue weighted by molar-refractivity contribution is 0.177. The second kappa shape index (κ2) is 5.27. The van der Waals surface area contributed by atoms with E-state index in [1.165, 1.54) is 0 Å². The predicted octanol–water partition coefficient (Wildman–Crippen LogP) is 1.31. The van der Waals surface area contributed by atoms with Crippen LogP contribution in [-0.2, 0) is 4.74 Å². The van der Waals surface area contributed by atoms with Crippen molar-refractivity contribution in [1.82, 2.24) is 10.2 Å². The summed E-state index contributed by atoms with van der Waals surface area (Å²) in [5, 5.41) is 4.12. The van der Waals surface area contributed by atoms with Gasteiger partial charge in [0, 0.05) is 30.2 Å². The van der Waals surface area contributed by atoms with Gasteiger partial charge in [0.15, 0.2) is 0 Å². The van der Waals surface area contributed by atoms with Crippen molar-refractivity contribution in [1.29, 1.82) is 0 Å². The van der Waals surface area contributed by atoms with E-state index in [9.17, 15) is 4.79 Å². The first-order chi connectivity index (χ1) is 7.65. The monoisotopic (exact) mass is 244 g/mol. The van der Waals surface area contributed by atoms with Crippen molar-refractivity contribution in [3.05, 3.63) is 0 Å². The van der Waals surface area contributed by atoms with Crippen LogP contribution in [0.3, 0.4) is 0 Å². The minimum Gasteiger partial charge on any atom is -0.379 e. The Hall–Kier alpha value is -0.420. The van der Waals surface area contributed by atoms with Gasteiger partial charge in [0.05, 0.1) is 12.6 Å². The van der Waals surface area contributed by atoms with E-state index in [0.29, 0.717) is 17.1 Å². The molecule has 2 fully saturated rings. The van der Waals surface area contributed by atoms with Crippen molar-refractivity contribution < 1.29 is 9.53 Å². The third-order valence-electron chi connectivity index (χ3n) is 2.96. The molecule has 0 aromatic carbocycles. The number of hydrogen-bond acceptors (Lipinski definition) is 3. The topological polar surface area (TPSA) is 41.6 Å². The summed E-state index contributed by atoms with van der Waals surface area (Å²) in [6, 6.07) is 0.294. The predicted molar refractivity (Wildman–Crippen MR) is 65.8 cm³/mol. The van der Waals surface area contributed by atoms with Gasteiger partial charge < -0.3 is 15.0 Å². The molecule has 3 atom stereocenters. The Morgan fingerprint density at radius 1 is 1.38 bits per heavy atom. The van der Waals surface area contributed by atoms with Crippen LogP contribution >= 0.6 is 11.8 Å². The van der Waals surface area contributed by atoms with Crippen LogP contribution in [0, 0.1) is 0 Å². The lowest BCUT2D eigenvalue weighted by atomic mass is 10.2. The van der Waals surface area contributed by atoms with E-state index in [2.05, 4.69) is 19.2 Å². The van der Waals surface area contributed by atoms with Crippen molar-refractivity contribution in [2.24, 2.45) is 0 Å². The molecular formula is C11H20N2O2S. The number of urea groups is 1. The van der Waals surface area contributed by atoms with Crippen molar-refractivity contribution in [2.75, 3.05) is 26.3 Å². The molecule has 2 amide bonds. The standard InChI is InChI=1S/C11H20N2O2S/c1-8-5-13(6-9(2)16-8)11(14)12-10-3-4-15-7-10/h8-10H,3-7H2,1-2H3,(H,12,14). The fraction of sp³-hybridized carbons (Fsp3) is 0.909. The summed E-state index contributed by atoms with van der Waals surface area (Å²) in [6.45, 7) is 7.51. The van der Waals surface area contributed by atoms with E-state index in [-0.39, 0.29) is 12.1 Å². The van der Waals surface area contributed by atoms with Crippen LogP contribution in [0.25, 0.3) is 0 Å². The molecule has 2 rings (SSSR count). The summed E-state index contributed by atoms with van der Waals surface area (Å²) in [5.41, 5.74) is 0. The van der Waals surface area contributed by atoms with Crippen LogP contribution in [-0.4, -0.2) is 53.8 Å². The molecule has 1 N–H and O–H groups in total. The number of carbonyl (C=O) groups is 1. The Balaban J connectivity index is 1.83. The molecule has 0 saturated carbocycles. The molecule has 0 bridgehead atoms. The van der Waals surface area contributed by atoms with Crippen LogP contribution in [0.4, 0.5) is 4.79 Å². The molecule has 0 aliphatic carbocycles. The number of rotatable bonds is 1. The highest BCUT2D eigenvalue weighted by molar-refractivity contribution is 8.00. The average Bonchev–Trinajstić information content (AvgIpc) is 2.68. The maximum atomic E-state index is 12.0. The van der Waals surface area contributed by atoms with Crippen molar-refractivity contribution >= 4 is 17.8 Å². The minimum atomic E-state index is 0.0782. The molecule has 92 valence electrons. The molecule has 4 nitrogen and oxygen atoms in total.